The number of aromatic nitrogens is 3. The Morgan fingerprint density at radius 1 is 1.15 bits per heavy atom. The van der Waals surface area contributed by atoms with Gasteiger partial charge in [0.2, 0.25) is 0 Å². The highest BCUT2D eigenvalue weighted by Gasteiger charge is 2.27. The quantitative estimate of drug-likeness (QED) is 0.517. The molecule has 1 aliphatic heterocycles. The number of anilines is 1. The number of aryl methyl sites for hydroxylation is 2. The molecule has 1 aromatic carbocycles. The Balaban J connectivity index is 1.81. The molecular formula is C26H32N6O. The molecule has 1 atom stereocenters. The van der Waals surface area contributed by atoms with Crippen LogP contribution in [0.5, 0.6) is 0 Å². The zero-order valence-electron chi connectivity index (χ0n) is 20.3. The van der Waals surface area contributed by atoms with Crippen LogP contribution in [-0.2, 0) is 0 Å². The minimum Gasteiger partial charge on any atom is -0.369 e. The second kappa shape index (κ2) is 7.99. The summed E-state index contributed by atoms with van der Waals surface area (Å²) in [6, 6.07) is 8.86. The summed E-state index contributed by atoms with van der Waals surface area (Å²) in [5.74, 6) is -0.108. The van der Waals surface area contributed by atoms with Crippen LogP contribution >= 0.6 is 0 Å². The third-order valence-electron chi connectivity index (χ3n) is 6.86. The smallest absolute Gasteiger partial charge is 0.255 e. The molecule has 172 valence electrons. The van der Waals surface area contributed by atoms with Crippen LogP contribution in [0, 0.1) is 13.8 Å². The molecule has 7 nitrogen and oxygen atoms in total. The van der Waals surface area contributed by atoms with Crippen molar-refractivity contribution in [1.29, 1.82) is 0 Å². The first-order chi connectivity index (χ1) is 15.7. The lowest BCUT2D eigenvalue weighted by Crippen LogP contribution is -2.31. The van der Waals surface area contributed by atoms with E-state index in [-0.39, 0.29) is 11.9 Å². The minimum absolute atomic E-state index is 0.0370. The number of carbonyl (C=O) groups is 1. The molecule has 0 radical (unpaired) electrons. The van der Waals surface area contributed by atoms with E-state index in [1.165, 1.54) is 11.1 Å². The maximum atomic E-state index is 13.3. The first-order valence-electron chi connectivity index (χ1n) is 11.7. The van der Waals surface area contributed by atoms with Gasteiger partial charge >= 0.3 is 0 Å². The summed E-state index contributed by atoms with van der Waals surface area (Å²) < 4.78 is 2.06. The van der Waals surface area contributed by atoms with Crippen molar-refractivity contribution in [3.8, 4) is 0 Å². The number of amides is 1. The topological polar surface area (TPSA) is 65.8 Å². The second-order valence-electron chi connectivity index (χ2n) is 9.80. The molecule has 7 heteroatoms. The van der Waals surface area contributed by atoms with E-state index < -0.39 is 0 Å². The third kappa shape index (κ3) is 3.60. The second-order valence-corrected chi connectivity index (χ2v) is 9.80. The lowest BCUT2D eigenvalue weighted by atomic mass is 10.1. The van der Waals surface area contributed by atoms with Crippen molar-refractivity contribution in [2.24, 2.45) is 0 Å². The van der Waals surface area contributed by atoms with E-state index in [2.05, 4.69) is 65.7 Å². The lowest BCUT2D eigenvalue weighted by molar-refractivity contribution is 0.0944. The summed E-state index contributed by atoms with van der Waals surface area (Å²) in [5.41, 5.74) is 7.43. The largest absolute Gasteiger partial charge is 0.369 e. The molecule has 1 fully saturated rings. The van der Waals surface area contributed by atoms with Gasteiger partial charge in [-0.1, -0.05) is 0 Å². The number of nitrogens with one attached hydrogen (secondary N) is 1. The highest BCUT2D eigenvalue weighted by Crippen LogP contribution is 2.33. The molecule has 1 amide bonds. The van der Waals surface area contributed by atoms with Crippen molar-refractivity contribution < 1.29 is 4.79 Å². The minimum atomic E-state index is -0.108. The summed E-state index contributed by atoms with van der Waals surface area (Å²) in [6.45, 7) is 10.1. The maximum absolute atomic E-state index is 13.3. The SMILES string of the molecule is Cc1cc2nc3c(C(=O)NC(C)C)cc4c(N5CC[C@H](N(C)C)C5)ccnc4n3c2cc1C. The third-order valence-corrected chi connectivity index (χ3v) is 6.86. The number of hydrogen-bond acceptors (Lipinski definition) is 5. The van der Waals surface area contributed by atoms with Gasteiger partial charge in [-0.15, -0.1) is 0 Å². The molecule has 0 spiro atoms. The Bertz CT molecular complexity index is 1390. The standard InChI is InChI=1S/C26H32N6O/c1-15(2)28-26(33)20-13-19-22(31-10-8-18(14-31)30(5)6)7-9-27-24(19)32-23-12-17(4)16(3)11-21(23)29-25(20)32/h7,9,11-13,15,18H,8,10,14H2,1-6H3,(H,28,33)/t18-/m0/s1. The van der Waals surface area contributed by atoms with E-state index in [4.69, 9.17) is 9.97 Å². The first kappa shape index (κ1) is 21.6. The number of imidazole rings is 1. The van der Waals surface area contributed by atoms with Crippen molar-refractivity contribution in [2.45, 2.75) is 46.2 Å². The summed E-state index contributed by atoms with van der Waals surface area (Å²) >= 11 is 0. The number of pyridine rings is 2. The van der Waals surface area contributed by atoms with Crippen molar-refractivity contribution in [3.05, 3.63) is 47.2 Å². The van der Waals surface area contributed by atoms with Crippen molar-refractivity contribution in [1.82, 2.24) is 24.6 Å². The van der Waals surface area contributed by atoms with Crippen LogP contribution in [0.4, 0.5) is 5.69 Å². The zero-order chi connectivity index (χ0) is 23.4. The van der Waals surface area contributed by atoms with Gasteiger partial charge in [-0.2, -0.15) is 0 Å². The van der Waals surface area contributed by atoms with Crippen LogP contribution in [0.15, 0.2) is 30.5 Å². The summed E-state index contributed by atoms with van der Waals surface area (Å²) in [5, 5.41) is 4.04. The van der Waals surface area contributed by atoms with E-state index in [1.54, 1.807) is 0 Å². The van der Waals surface area contributed by atoms with Gasteiger partial charge in [-0.3, -0.25) is 9.20 Å². The number of hydrogen-bond donors (Lipinski definition) is 1. The highest BCUT2D eigenvalue weighted by atomic mass is 16.1. The molecule has 0 aliphatic carbocycles. The van der Waals surface area contributed by atoms with E-state index in [0.29, 0.717) is 17.3 Å². The van der Waals surface area contributed by atoms with Gasteiger partial charge in [0.1, 0.15) is 5.65 Å². The maximum Gasteiger partial charge on any atom is 0.255 e. The van der Waals surface area contributed by atoms with E-state index in [9.17, 15) is 4.79 Å². The highest BCUT2D eigenvalue weighted by molar-refractivity contribution is 6.07. The van der Waals surface area contributed by atoms with Crippen LogP contribution in [0.25, 0.3) is 27.7 Å². The van der Waals surface area contributed by atoms with Crippen LogP contribution in [0.1, 0.15) is 41.8 Å². The van der Waals surface area contributed by atoms with Crippen LogP contribution in [-0.4, -0.2) is 64.4 Å². The Kier molecular flexibility index (Phi) is 5.24. The Labute approximate surface area is 194 Å². The molecule has 5 rings (SSSR count). The van der Waals surface area contributed by atoms with Gasteiger partial charge in [-0.05, 0) is 83.6 Å². The van der Waals surface area contributed by atoms with Gasteiger partial charge in [0.15, 0.2) is 5.65 Å². The van der Waals surface area contributed by atoms with Gasteiger partial charge in [-0.25, -0.2) is 9.97 Å². The van der Waals surface area contributed by atoms with Crippen molar-refractivity contribution in [3.63, 3.8) is 0 Å². The Hall–Kier alpha value is -3.19. The van der Waals surface area contributed by atoms with Gasteiger partial charge in [0, 0.05) is 42.4 Å². The van der Waals surface area contributed by atoms with E-state index >= 15 is 0 Å². The average Bonchev–Trinajstić information content (AvgIpc) is 3.38. The normalized spacial score (nSPS) is 16.7. The molecule has 0 saturated carbocycles. The predicted octanol–water partition coefficient (Wildman–Crippen LogP) is 3.93. The Morgan fingerprint density at radius 3 is 2.61 bits per heavy atom. The van der Waals surface area contributed by atoms with Crippen LogP contribution in [0.2, 0.25) is 0 Å². The molecule has 1 N–H and O–H groups in total. The van der Waals surface area contributed by atoms with E-state index in [0.717, 1.165) is 47.3 Å². The predicted molar refractivity (Wildman–Crippen MR) is 134 cm³/mol. The summed E-state index contributed by atoms with van der Waals surface area (Å²) in [7, 11) is 4.28. The fourth-order valence-corrected chi connectivity index (χ4v) is 4.87. The molecule has 4 heterocycles. The number of carbonyl (C=O) groups excluding carboxylic acids is 1. The molecule has 0 unspecified atom stereocenters. The van der Waals surface area contributed by atoms with Crippen molar-refractivity contribution >= 4 is 39.3 Å². The number of likely N-dealkylation sites (N-methyl/N-ethyl adjacent to an activating group) is 1. The molecule has 4 aromatic rings. The Morgan fingerprint density at radius 2 is 1.91 bits per heavy atom. The lowest BCUT2D eigenvalue weighted by Gasteiger charge is -2.23. The van der Waals surface area contributed by atoms with Gasteiger partial charge in [0.25, 0.3) is 5.91 Å². The number of benzene rings is 1. The average molecular weight is 445 g/mol. The number of fused-ring (bicyclic) bond motifs is 5. The van der Waals surface area contributed by atoms with E-state index in [1.807, 2.05) is 26.1 Å². The summed E-state index contributed by atoms with van der Waals surface area (Å²) in [4.78, 5) is 27.7. The molecule has 1 saturated heterocycles. The number of nitrogens with zero attached hydrogens (tertiary/aromatic N) is 5. The molecule has 33 heavy (non-hydrogen) atoms. The summed E-state index contributed by atoms with van der Waals surface area (Å²) in [6.07, 6.45) is 2.99. The number of rotatable bonds is 4. The molecule has 1 aliphatic rings. The van der Waals surface area contributed by atoms with Gasteiger partial charge < -0.3 is 15.1 Å². The van der Waals surface area contributed by atoms with Crippen LogP contribution < -0.4 is 10.2 Å². The fraction of sp³-hybridized carbons (Fsp3) is 0.423. The monoisotopic (exact) mass is 444 g/mol. The zero-order valence-corrected chi connectivity index (χ0v) is 20.3. The first-order valence-corrected chi connectivity index (χ1v) is 11.7. The van der Waals surface area contributed by atoms with Gasteiger partial charge in [0.05, 0.1) is 16.6 Å². The molecule has 0 bridgehead atoms. The fourth-order valence-electron chi connectivity index (χ4n) is 4.87. The molecular weight excluding hydrogens is 412 g/mol. The molecule has 3 aromatic heterocycles. The van der Waals surface area contributed by atoms with Crippen LogP contribution in [0.3, 0.4) is 0 Å². The van der Waals surface area contributed by atoms with Crippen molar-refractivity contribution in [2.75, 3.05) is 32.1 Å².